The topological polar surface area (TPSA) is 66.5 Å². The number of urea groups is 1. The summed E-state index contributed by atoms with van der Waals surface area (Å²) in [4.78, 5) is 37.2. The Hall–Kier alpha value is -1.21. The fourth-order valence-corrected chi connectivity index (χ4v) is 3.29. The summed E-state index contributed by atoms with van der Waals surface area (Å²) in [6, 6.07) is 4.37. The summed E-state index contributed by atoms with van der Waals surface area (Å²) < 4.78 is 1.40. The lowest BCUT2D eigenvalue weighted by molar-refractivity contribution is -0.136. The van der Waals surface area contributed by atoms with Crippen molar-refractivity contribution in [3.63, 3.8) is 0 Å². The molecule has 5 nitrogen and oxygen atoms in total. The number of barbiturate groups is 1. The molecule has 1 aliphatic heterocycles. The van der Waals surface area contributed by atoms with E-state index in [9.17, 15) is 14.4 Å². The third kappa shape index (κ3) is 2.64. The van der Waals surface area contributed by atoms with Gasteiger partial charge in [-0.05, 0) is 40.0 Å². The number of carbonyl (C=O) groups excluding carboxylic acids is 3. The van der Waals surface area contributed by atoms with Crippen molar-refractivity contribution in [2.45, 2.75) is 13.8 Å². The Kier molecular flexibility index (Phi) is 4.29. The first-order valence-corrected chi connectivity index (χ1v) is 7.55. The van der Waals surface area contributed by atoms with Crippen LogP contribution in [0.4, 0.5) is 10.5 Å². The maximum absolute atomic E-state index is 12.4. The molecule has 1 aromatic carbocycles. The highest BCUT2D eigenvalue weighted by molar-refractivity contribution is 9.11. The van der Waals surface area contributed by atoms with Gasteiger partial charge in [-0.2, -0.15) is 0 Å². The molecular weight excluding hydrogens is 392 g/mol. The van der Waals surface area contributed by atoms with Crippen LogP contribution in [-0.4, -0.2) is 17.8 Å². The molecule has 1 heterocycles. The van der Waals surface area contributed by atoms with Crippen molar-refractivity contribution in [2.75, 3.05) is 4.90 Å². The van der Waals surface area contributed by atoms with Gasteiger partial charge < -0.3 is 0 Å². The fourth-order valence-electron chi connectivity index (χ4n) is 2.07. The van der Waals surface area contributed by atoms with Gasteiger partial charge in [0.15, 0.2) is 0 Å². The second kappa shape index (κ2) is 5.65. The molecule has 0 aromatic heterocycles. The van der Waals surface area contributed by atoms with Crippen molar-refractivity contribution in [1.29, 1.82) is 0 Å². The Balaban J connectivity index is 2.46. The fraction of sp³-hybridized carbons (Fsp3) is 0.308. The van der Waals surface area contributed by atoms with Gasteiger partial charge in [-0.3, -0.25) is 14.9 Å². The van der Waals surface area contributed by atoms with E-state index in [-0.39, 0.29) is 5.92 Å². The van der Waals surface area contributed by atoms with Gasteiger partial charge in [-0.1, -0.05) is 29.8 Å². The third-order valence-electron chi connectivity index (χ3n) is 3.02. The van der Waals surface area contributed by atoms with Crippen LogP contribution < -0.4 is 10.2 Å². The molecule has 0 bridgehead atoms. The molecular formula is C13H12Br2N2O3. The number of rotatable bonds is 2. The number of benzene rings is 1. The summed E-state index contributed by atoms with van der Waals surface area (Å²) in [5, 5.41) is 2.23. The largest absolute Gasteiger partial charge is 0.335 e. The van der Waals surface area contributed by atoms with Crippen LogP contribution in [0, 0.1) is 11.8 Å². The molecule has 0 saturated carbocycles. The monoisotopic (exact) mass is 402 g/mol. The van der Waals surface area contributed by atoms with Crippen LogP contribution in [0.3, 0.4) is 0 Å². The van der Waals surface area contributed by atoms with Crippen LogP contribution in [-0.2, 0) is 9.59 Å². The van der Waals surface area contributed by atoms with E-state index >= 15 is 0 Å². The summed E-state index contributed by atoms with van der Waals surface area (Å²) in [6.07, 6.45) is 0. The van der Waals surface area contributed by atoms with Gasteiger partial charge in [0.1, 0.15) is 5.92 Å². The summed E-state index contributed by atoms with van der Waals surface area (Å²) >= 11 is 6.63. The number of carbonyl (C=O) groups is 3. The Bertz CT molecular complexity index is 601. The minimum atomic E-state index is -0.858. The quantitative estimate of drug-likeness (QED) is 0.771. The number of halogens is 2. The molecule has 2 rings (SSSR count). The number of nitrogens with one attached hydrogen (secondary N) is 1. The molecule has 1 aliphatic rings. The SMILES string of the molecule is CC(C)C1C(=O)NC(=O)N(c2ccc(Br)cc2Br)C1=O. The molecule has 1 aromatic rings. The highest BCUT2D eigenvalue weighted by Gasteiger charge is 2.43. The lowest BCUT2D eigenvalue weighted by Gasteiger charge is -2.32. The van der Waals surface area contributed by atoms with E-state index in [1.807, 2.05) is 0 Å². The Morgan fingerprint density at radius 1 is 1.20 bits per heavy atom. The predicted molar refractivity (Wildman–Crippen MR) is 81.2 cm³/mol. The van der Waals surface area contributed by atoms with Gasteiger partial charge in [0.05, 0.1) is 5.69 Å². The van der Waals surface area contributed by atoms with Gasteiger partial charge in [-0.15, -0.1) is 0 Å². The van der Waals surface area contributed by atoms with Gasteiger partial charge in [-0.25, -0.2) is 9.69 Å². The standard InChI is InChI=1S/C13H12Br2N2O3/c1-6(2)10-11(18)16-13(20)17(12(10)19)9-4-3-7(14)5-8(9)15/h3-6,10H,1-2H3,(H,16,18,20). The van der Waals surface area contributed by atoms with Gasteiger partial charge in [0.2, 0.25) is 11.8 Å². The molecule has 0 aliphatic carbocycles. The summed E-state index contributed by atoms with van der Waals surface area (Å²) in [7, 11) is 0. The Morgan fingerprint density at radius 3 is 2.40 bits per heavy atom. The first-order chi connectivity index (χ1) is 9.32. The summed E-state index contributed by atoms with van der Waals surface area (Å²) in [5.41, 5.74) is 0.411. The van der Waals surface area contributed by atoms with E-state index < -0.39 is 23.8 Å². The molecule has 1 fully saturated rings. The van der Waals surface area contributed by atoms with Crippen LogP contribution in [0.15, 0.2) is 27.1 Å². The first-order valence-electron chi connectivity index (χ1n) is 5.96. The second-order valence-electron chi connectivity index (χ2n) is 4.79. The summed E-state index contributed by atoms with van der Waals surface area (Å²) in [6.45, 7) is 3.54. The average molecular weight is 404 g/mol. The van der Waals surface area contributed by atoms with Crippen LogP contribution in [0.25, 0.3) is 0 Å². The van der Waals surface area contributed by atoms with E-state index in [1.165, 1.54) is 0 Å². The van der Waals surface area contributed by atoms with Crippen LogP contribution in [0.5, 0.6) is 0 Å². The molecule has 4 amide bonds. The van der Waals surface area contributed by atoms with Crippen molar-refractivity contribution in [2.24, 2.45) is 11.8 Å². The summed E-state index contributed by atoms with van der Waals surface area (Å²) in [5.74, 6) is -2.09. The minimum absolute atomic E-state index is 0.188. The maximum Gasteiger partial charge on any atom is 0.335 e. The molecule has 1 saturated heterocycles. The molecule has 1 N–H and O–H groups in total. The second-order valence-corrected chi connectivity index (χ2v) is 6.56. The lowest BCUT2D eigenvalue weighted by atomic mass is 9.92. The lowest BCUT2D eigenvalue weighted by Crippen LogP contribution is -2.59. The van der Waals surface area contributed by atoms with Crippen molar-refractivity contribution < 1.29 is 14.4 Å². The highest BCUT2D eigenvalue weighted by atomic mass is 79.9. The van der Waals surface area contributed by atoms with Crippen molar-refractivity contribution >= 4 is 55.4 Å². The number of anilines is 1. The third-order valence-corrected chi connectivity index (χ3v) is 4.15. The average Bonchev–Trinajstić information content (AvgIpc) is 2.30. The number of imide groups is 2. The minimum Gasteiger partial charge on any atom is -0.277 e. The molecule has 106 valence electrons. The molecule has 0 spiro atoms. The number of hydrogen-bond acceptors (Lipinski definition) is 3. The Morgan fingerprint density at radius 2 is 1.85 bits per heavy atom. The predicted octanol–water partition coefficient (Wildman–Crippen LogP) is 3.07. The molecule has 1 atom stereocenters. The van der Waals surface area contributed by atoms with E-state index in [0.717, 1.165) is 9.37 Å². The number of amides is 4. The van der Waals surface area contributed by atoms with Crippen LogP contribution >= 0.6 is 31.9 Å². The zero-order valence-corrected chi connectivity index (χ0v) is 14.0. The van der Waals surface area contributed by atoms with E-state index in [0.29, 0.717) is 10.2 Å². The molecule has 7 heteroatoms. The van der Waals surface area contributed by atoms with Gasteiger partial charge >= 0.3 is 6.03 Å². The maximum atomic E-state index is 12.4. The normalized spacial score (nSPS) is 19.6. The number of hydrogen-bond donors (Lipinski definition) is 1. The van der Waals surface area contributed by atoms with Crippen molar-refractivity contribution in [1.82, 2.24) is 5.32 Å². The van der Waals surface area contributed by atoms with E-state index in [4.69, 9.17) is 0 Å². The Labute approximate surface area is 133 Å². The molecule has 0 radical (unpaired) electrons. The zero-order valence-electron chi connectivity index (χ0n) is 10.8. The number of nitrogens with zero attached hydrogens (tertiary/aromatic N) is 1. The first kappa shape index (κ1) is 15.2. The van der Waals surface area contributed by atoms with Crippen LogP contribution in [0.2, 0.25) is 0 Å². The zero-order chi connectivity index (χ0) is 15.0. The van der Waals surface area contributed by atoms with E-state index in [2.05, 4.69) is 37.2 Å². The smallest absolute Gasteiger partial charge is 0.277 e. The molecule has 20 heavy (non-hydrogen) atoms. The van der Waals surface area contributed by atoms with Crippen molar-refractivity contribution in [3.8, 4) is 0 Å². The van der Waals surface area contributed by atoms with Crippen LogP contribution in [0.1, 0.15) is 13.8 Å². The molecule has 1 unspecified atom stereocenters. The van der Waals surface area contributed by atoms with Gasteiger partial charge in [0.25, 0.3) is 0 Å². The van der Waals surface area contributed by atoms with Gasteiger partial charge in [0, 0.05) is 8.95 Å². The van der Waals surface area contributed by atoms with E-state index in [1.54, 1.807) is 32.0 Å². The van der Waals surface area contributed by atoms with Crippen molar-refractivity contribution in [3.05, 3.63) is 27.1 Å². The highest BCUT2D eigenvalue weighted by Crippen LogP contribution is 2.32.